The molecule has 0 aliphatic carbocycles. The summed E-state index contributed by atoms with van der Waals surface area (Å²) in [6.45, 7) is 2.95. The van der Waals surface area contributed by atoms with Crippen molar-refractivity contribution in [3.63, 3.8) is 0 Å². The van der Waals surface area contributed by atoms with E-state index in [-0.39, 0.29) is 0 Å². The van der Waals surface area contributed by atoms with Crippen LogP contribution in [0.2, 0.25) is 0 Å². The Morgan fingerprint density at radius 1 is 1.24 bits per heavy atom. The second-order valence-corrected chi connectivity index (χ2v) is 7.08. The van der Waals surface area contributed by atoms with Crippen molar-refractivity contribution in [2.24, 2.45) is 5.73 Å². The summed E-state index contributed by atoms with van der Waals surface area (Å²) in [4.78, 5) is 12.0. The third-order valence-electron chi connectivity index (χ3n) is 4.58. The highest BCUT2D eigenvalue weighted by molar-refractivity contribution is 7.07. The molecule has 0 aliphatic heterocycles. The number of primary amides is 1. The van der Waals surface area contributed by atoms with Gasteiger partial charge in [0.05, 0.1) is 11.0 Å². The van der Waals surface area contributed by atoms with E-state index in [1.807, 2.05) is 12.1 Å². The normalized spacial score (nSPS) is 11.4. The van der Waals surface area contributed by atoms with Crippen molar-refractivity contribution in [2.45, 2.75) is 26.3 Å². The van der Waals surface area contributed by atoms with Crippen molar-refractivity contribution in [2.75, 3.05) is 0 Å². The van der Waals surface area contributed by atoms with E-state index in [4.69, 9.17) is 5.73 Å². The number of hydrogen-bond acceptors (Lipinski definition) is 2. The van der Waals surface area contributed by atoms with Gasteiger partial charge in [-0.25, -0.2) is 0 Å². The fraction of sp³-hybridized carbons (Fsp3) is 0.190. The molecule has 0 aliphatic rings. The Kier molecular flexibility index (Phi) is 4.06. The third-order valence-corrected chi connectivity index (χ3v) is 5.31. The summed E-state index contributed by atoms with van der Waals surface area (Å²) in [5.41, 5.74) is 10.9. The molecule has 3 nitrogen and oxygen atoms in total. The lowest BCUT2D eigenvalue weighted by molar-refractivity contribution is 0.100. The van der Waals surface area contributed by atoms with E-state index in [2.05, 4.69) is 46.5 Å². The van der Waals surface area contributed by atoms with Gasteiger partial charge >= 0.3 is 0 Å². The van der Waals surface area contributed by atoms with E-state index < -0.39 is 5.91 Å². The first-order valence-electron chi connectivity index (χ1n) is 8.45. The Morgan fingerprint density at radius 2 is 2.12 bits per heavy atom. The van der Waals surface area contributed by atoms with Gasteiger partial charge in [0.2, 0.25) is 5.91 Å². The summed E-state index contributed by atoms with van der Waals surface area (Å²) in [6.07, 6.45) is 2.12. The first-order valence-corrected chi connectivity index (χ1v) is 9.39. The van der Waals surface area contributed by atoms with Crippen molar-refractivity contribution >= 4 is 39.0 Å². The average molecular weight is 347 g/mol. The van der Waals surface area contributed by atoms with Crippen LogP contribution in [-0.4, -0.2) is 10.5 Å². The fourth-order valence-electron chi connectivity index (χ4n) is 3.47. The molecule has 25 heavy (non-hydrogen) atoms. The van der Waals surface area contributed by atoms with Gasteiger partial charge in [-0.1, -0.05) is 25.5 Å². The van der Waals surface area contributed by atoms with Crippen LogP contribution in [0.15, 0.2) is 47.2 Å². The maximum absolute atomic E-state index is 12.0. The average Bonchev–Trinajstić information content (AvgIpc) is 3.22. The van der Waals surface area contributed by atoms with Crippen molar-refractivity contribution in [3.05, 3.63) is 69.9 Å². The Balaban J connectivity index is 2.05. The summed E-state index contributed by atoms with van der Waals surface area (Å²) < 4.78 is 2.27. The molecule has 0 fully saturated rings. The molecule has 2 heterocycles. The van der Waals surface area contributed by atoms with Crippen molar-refractivity contribution in [3.8, 4) is 0 Å². The van der Waals surface area contributed by atoms with Gasteiger partial charge in [0.25, 0.3) is 0 Å². The van der Waals surface area contributed by atoms with Crippen LogP contribution < -0.4 is 5.73 Å². The second kappa shape index (κ2) is 6.37. The standard InChI is InChI=1S/C21H19N2OS/c1-2-4-14-7-8-16-19(11-14)23(12-15-9-10-25-13-15)18-6-3-5-17(20(16)18)21(22)24/h3,5-7,9-11,13H,2,4,12H2,1H3,(H2,22,24). The van der Waals surface area contributed by atoms with Gasteiger partial charge in [0, 0.05) is 22.9 Å². The smallest absolute Gasteiger partial charge is 0.249 e. The lowest BCUT2D eigenvalue weighted by atomic mass is 10.0. The zero-order valence-corrected chi connectivity index (χ0v) is 14.9. The quantitative estimate of drug-likeness (QED) is 0.556. The molecule has 125 valence electrons. The molecular formula is C21H19N2OS. The van der Waals surface area contributed by atoms with E-state index in [0.29, 0.717) is 5.56 Å². The van der Waals surface area contributed by atoms with Gasteiger partial charge in [-0.15, -0.1) is 0 Å². The molecule has 2 aromatic heterocycles. The first-order chi connectivity index (χ1) is 12.2. The number of nitrogens with zero attached hydrogens (tertiary/aromatic N) is 1. The minimum atomic E-state index is -0.397. The highest BCUT2D eigenvalue weighted by Gasteiger charge is 2.17. The molecule has 0 saturated heterocycles. The number of carbonyl (C=O) groups excluding carboxylic acids is 1. The predicted octanol–water partition coefficient (Wildman–Crippen LogP) is 4.76. The Hall–Kier alpha value is -2.59. The number of aryl methyl sites for hydroxylation is 1. The molecule has 0 atom stereocenters. The van der Waals surface area contributed by atoms with Crippen molar-refractivity contribution in [1.29, 1.82) is 0 Å². The van der Waals surface area contributed by atoms with Crippen LogP contribution in [0.1, 0.15) is 34.8 Å². The maximum Gasteiger partial charge on any atom is 0.249 e. The summed E-state index contributed by atoms with van der Waals surface area (Å²) in [5.74, 6) is -0.397. The number of thiophene rings is 1. The predicted molar refractivity (Wildman–Crippen MR) is 104 cm³/mol. The fourth-order valence-corrected chi connectivity index (χ4v) is 4.13. The first kappa shape index (κ1) is 15.9. The number of amides is 1. The number of carbonyl (C=O) groups is 1. The molecule has 4 aromatic rings. The lowest BCUT2D eigenvalue weighted by Gasteiger charge is -2.07. The maximum atomic E-state index is 12.0. The van der Waals surface area contributed by atoms with Crippen LogP contribution in [0.25, 0.3) is 21.8 Å². The third kappa shape index (κ3) is 2.72. The number of fused-ring (bicyclic) bond motifs is 3. The molecule has 1 amide bonds. The van der Waals surface area contributed by atoms with Gasteiger partial charge in [-0.3, -0.25) is 4.79 Å². The summed E-state index contributed by atoms with van der Waals surface area (Å²) in [7, 11) is 0. The molecule has 0 spiro atoms. The molecule has 2 aromatic carbocycles. The van der Waals surface area contributed by atoms with Crippen LogP contribution in [0.4, 0.5) is 0 Å². The molecule has 0 bridgehead atoms. The molecule has 4 rings (SSSR count). The van der Waals surface area contributed by atoms with E-state index >= 15 is 0 Å². The minimum Gasteiger partial charge on any atom is -0.366 e. The van der Waals surface area contributed by atoms with Crippen LogP contribution >= 0.6 is 11.3 Å². The summed E-state index contributed by atoms with van der Waals surface area (Å²) in [6, 6.07) is 15.6. The molecule has 0 saturated carbocycles. The topological polar surface area (TPSA) is 48.0 Å². The highest BCUT2D eigenvalue weighted by Crippen LogP contribution is 2.33. The molecule has 0 unspecified atom stereocenters. The van der Waals surface area contributed by atoms with Gasteiger partial charge in [-0.2, -0.15) is 11.3 Å². The van der Waals surface area contributed by atoms with Gasteiger partial charge in [0.1, 0.15) is 0 Å². The molecule has 4 heteroatoms. The SMILES string of the molecule is CCCc1c[c]c2c3c(C(N)=O)cccc3n(Cc3ccsc3)c2c1. The Bertz CT molecular complexity index is 1060. The zero-order valence-electron chi connectivity index (χ0n) is 14.1. The van der Waals surface area contributed by atoms with Gasteiger partial charge in [0.15, 0.2) is 0 Å². The number of hydrogen-bond donors (Lipinski definition) is 1. The highest BCUT2D eigenvalue weighted by atomic mass is 32.1. The minimum absolute atomic E-state index is 0.397. The monoisotopic (exact) mass is 347 g/mol. The van der Waals surface area contributed by atoms with Gasteiger partial charge < -0.3 is 10.3 Å². The van der Waals surface area contributed by atoms with E-state index in [0.717, 1.165) is 41.2 Å². The number of rotatable bonds is 5. The summed E-state index contributed by atoms with van der Waals surface area (Å²) in [5, 5.41) is 6.13. The van der Waals surface area contributed by atoms with Crippen molar-refractivity contribution in [1.82, 2.24) is 4.57 Å². The molecule has 2 N–H and O–H groups in total. The van der Waals surface area contributed by atoms with Crippen LogP contribution in [0.5, 0.6) is 0 Å². The van der Waals surface area contributed by atoms with Crippen LogP contribution in [0.3, 0.4) is 0 Å². The van der Waals surface area contributed by atoms with E-state index in [9.17, 15) is 4.79 Å². The summed E-state index contributed by atoms with van der Waals surface area (Å²) >= 11 is 1.70. The van der Waals surface area contributed by atoms with E-state index in [1.165, 1.54) is 11.1 Å². The molecular weight excluding hydrogens is 328 g/mol. The number of benzene rings is 2. The van der Waals surface area contributed by atoms with Crippen molar-refractivity contribution < 1.29 is 4.79 Å². The molecule has 1 radical (unpaired) electrons. The second-order valence-electron chi connectivity index (χ2n) is 6.30. The largest absolute Gasteiger partial charge is 0.366 e. The Morgan fingerprint density at radius 3 is 2.84 bits per heavy atom. The van der Waals surface area contributed by atoms with E-state index in [1.54, 1.807) is 17.4 Å². The van der Waals surface area contributed by atoms with Gasteiger partial charge in [-0.05, 0) is 58.6 Å². The van der Waals surface area contributed by atoms with Crippen LogP contribution in [0, 0.1) is 6.07 Å². The number of aromatic nitrogens is 1. The van der Waals surface area contributed by atoms with Crippen LogP contribution in [-0.2, 0) is 13.0 Å². The Labute approximate surface area is 150 Å². The lowest BCUT2D eigenvalue weighted by Crippen LogP contribution is -2.11. The zero-order chi connectivity index (χ0) is 17.4. The number of nitrogens with two attached hydrogens (primary N) is 1.